The molecule has 0 unspecified atom stereocenters. The molecular weight excluding hydrogens is 304 g/mol. The third-order valence-corrected chi connectivity index (χ3v) is 2.92. The fourth-order valence-electron chi connectivity index (χ4n) is 1.74. The summed E-state index contributed by atoms with van der Waals surface area (Å²) in [5.41, 5.74) is 4.39. The van der Waals surface area contributed by atoms with E-state index in [4.69, 9.17) is 10.2 Å². The molecule has 0 bridgehead atoms. The Labute approximate surface area is 146 Å². The van der Waals surface area contributed by atoms with E-state index in [1.807, 2.05) is 41.5 Å². The molecule has 0 aromatic rings. The van der Waals surface area contributed by atoms with Crippen LogP contribution in [0, 0.1) is 0 Å². The number of hydrogen-bond acceptors (Lipinski definition) is 2. The zero-order valence-corrected chi connectivity index (χ0v) is 15.8. The van der Waals surface area contributed by atoms with Crippen LogP contribution in [0.4, 0.5) is 0 Å². The zero-order valence-electron chi connectivity index (χ0n) is 15.8. The van der Waals surface area contributed by atoms with Crippen LogP contribution in [0.25, 0.3) is 0 Å². The van der Waals surface area contributed by atoms with E-state index >= 15 is 0 Å². The van der Waals surface area contributed by atoms with Crippen molar-refractivity contribution in [3.63, 3.8) is 0 Å². The maximum atomic E-state index is 10.2. The Morgan fingerprint density at radius 2 is 0.958 bits per heavy atom. The van der Waals surface area contributed by atoms with Crippen molar-refractivity contribution in [1.82, 2.24) is 0 Å². The summed E-state index contributed by atoms with van der Waals surface area (Å²) in [5, 5.41) is 16.8. The molecule has 0 aromatic carbocycles. The van der Waals surface area contributed by atoms with Crippen LogP contribution >= 0.6 is 0 Å². The molecule has 24 heavy (non-hydrogen) atoms. The van der Waals surface area contributed by atoms with Gasteiger partial charge in [-0.25, -0.2) is 9.59 Å². The second kappa shape index (κ2) is 14.5. The zero-order chi connectivity index (χ0) is 19.1. The standard InChI is InChI=1S/2C10H16O2/c2*1-8(2)5-4-6-9(3)7-10(11)12/h2*5,7H,4,6H2,1-3H3,(H,11,12)/b9-7+;. The Bertz CT molecular complexity index is 464. The van der Waals surface area contributed by atoms with E-state index in [2.05, 4.69) is 12.2 Å². The van der Waals surface area contributed by atoms with Crippen LogP contribution in [0.5, 0.6) is 0 Å². The normalized spacial score (nSPS) is 11.1. The predicted molar refractivity (Wildman–Crippen MR) is 100 cm³/mol. The van der Waals surface area contributed by atoms with E-state index in [0.29, 0.717) is 0 Å². The number of hydrogen-bond donors (Lipinski definition) is 2. The molecule has 4 heteroatoms. The van der Waals surface area contributed by atoms with Crippen LogP contribution in [0.3, 0.4) is 0 Å². The Morgan fingerprint density at radius 1 is 0.667 bits per heavy atom. The number of carbonyl (C=O) groups is 2. The van der Waals surface area contributed by atoms with Gasteiger partial charge < -0.3 is 10.2 Å². The average molecular weight is 336 g/mol. The van der Waals surface area contributed by atoms with E-state index in [1.165, 1.54) is 23.3 Å². The molecule has 136 valence electrons. The van der Waals surface area contributed by atoms with Crippen molar-refractivity contribution in [3.05, 3.63) is 46.6 Å². The Kier molecular flexibility index (Phi) is 14.6. The Balaban J connectivity index is 0. The van der Waals surface area contributed by atoms with E-state index in [1.54, 1.807) is 0 Å². The van der Waals surface area contributed by atoms with Gasteiger partial charge in [-0.15, -0.1) is 0 Å². The van der Waals surface area contributed by atoms with Crippen LogP contribution in [-0.4, -0.2) is 22.2 Å². The van der Waals surface area contributed by atoms with Gasteiger partial charge in [-0.2, -0.15) is 0 Å². The van der Waals surface area contributed by atoms with E-state index in [0.717, 1.165) is 36.8 Å². The summed E-state index contributed by atoms with van der Waals surface area (Å²) in [6.07, 6.45) is 10.3. The van der Waals surface area contributed by atoms with Gasteiger partial charge in [-0.3, -0.25) is 0 Å². The first-order chi connectivity index (χ1) is 11.0. The molecule has 0 saturated carbocycles. The second-order valence-electron chi connectivity index (χ2n) is 6.30. The maximum Gasteiger partial charge on any atom is 0.328 e. The number of allylic oxidation sites excluding steroid dienone is 6. The van der Waals surface area contributed by atoms with Gasteiger partial charge in [-0.05, 0) is 67.2 Å². The van der Waals surface area contributed by atoms with Crippen molar-refractivity contribution in [1.29, 1.82) is 0 Å². The summed E-state index contributed by atoms with van der Waals surface area (Å²) in [6, 6.07) is 0. The van der Waals surface area contributed by atoms with Gasteiger partial charge in [0.2, 0.25) is 0 Å². The number of carboxylic acid groups (broad SMARTS) is 2. The van der Waals surface area contributed by atoms with E-state index in [-0.39, 0.29) is 0 Å². The minimum atomic E-state index is -0.857. The highest BCUT2D eigenvalue weighted by molar-refractivity contribution is 5.80. The monoisotopic (exact) mass is 336 g/mol. The van der Waals surface area contributed by atoms with Gasteiger partial charge in [-0.1, -0.05) is 34.4 Å². The predicted octanol–water partition coefficient (Wildman–Crippen LogP) is 5.53. The highest BCUT2D eigenvalue weighted by Crippen LogP contribution is 2.06. The first-order valence-corrected chi connectivity index (χ1v) is 8.11. The van der Waals surface area contributed by atoms with E-state index in [9.17, 15) is 9.59 Å². The maximum absolute atomic E-state index is 10.2. The smallest absolute Gasteiger partial charge is 0.328 e. The lowest BCUT2D eigenvalue weighted by Gasteiger charge is -1.95. The van der Waals surface area contributed by atoms with Crippen molar-refractivity contribution in [2.45, 2.75) is 67.2 Å². The summed E-state index contributed by atoms with van der Waals surface area (Å²) >= 11 is 0. The topological polar surface area (TPSA) is 74.6 Å². The van der Waals surface area contributed by atoms with Gasteiger partial charge in [0.15, 0.2) is 0 Å². The lowest BCUT2D eigenvalue weighted by molar-refractivity contribution is -0.132. The average Bonchev–Trinajstić information content (AvgIpc) is 2.36. The van der Waals surface area contributed by atoms with Crippen molar-refractivity contribution in [2.75, 3.05) is 0 Å². The first-order valence-electron chi connectivity index (χ1n) is 8.11. The fourth-order valence-corrected chi connectivity index (χ4v) is 1.74. The summed E-state index contributed by atoms with van der Waals surface area (Å²) in [5.74, 6) is -1.71. The Morgan fingerprint density at radius 3 is 1.17 bits per heavy atom. The lowest BCUT2D eigenvalue weighted by atomic mass is 10.1. The molecule has 0 amide bonds. The van der Waals surface area contributed by atoms with Crippen LogP contribution in [0.15, 0.2) is 46.6 Å². The SMILES string of the molecule is CC(C)=CCC/C(C)=C/C(=O)O.CC(C)=CCCC(C)=CC(=O)O. The molecule has 4 nitrogen and oxygen atoms in total. The van der Waals surface area contributed by atoms with Crippen molar-refractivity contribution >= 4 is 11.9 Å². The number of aliphatic carboxylic acids is 2. The van der Waals surface area contributed by atoms with Crippen molar-refractivity contribution in [2.24, 2.45) is 0 Å². The van der Waals surface area contributed by atoms with Crippen LogP contribution in [0.1, 0.15) is 67.2 Å². The molecule has 0 heterocycles. The third-order valence-electron chi connectivity index (χ3n) is 2.92. The molecule has 0 aliphatic carbocycles. The van der Waals surface area contributed by atoms with Gasteiger partial charge in [0, 0.05) is 12.2 Å². The fraction of sp³-hybridized carbons (Fsp3) is 0.500. The summed E-state index contributed by atoms with van der Waals surface area (Å²) in [6.45, 7) is 11.8. The van der Waals surface area contributed by atoms with Gasteiger partial charge in [0.25, 0.3) is 0 Å². The summed E-state index contributed by atoms with van der Waals surface area (Å²) in [7, 11) is 0. The van der Waals surface area contributed by atoms with Gasteiger partial charge >= 0.3 is 11.9 Å². The molecular formula is C20H32O4. The van der Waals surface area contributed by atoms with Gasteiger partial charge in [0.1, 0.15) is 0 Å². The van der Waals surface area contributed by atoms with Crippen LogP contribution < -0.4 is 0 Å². The molecule has 0 rings (SSSR count). The molecule has 0 spiro atoms. The molecule has 0 aliphatic heterocycles. The third kappa shape index (κ3) is 22.2. The first kappa shape index (κ1) is 24.2. The molecule has 0 fully saturated rings. The lowest BCUT2D eigenvalue weighted by Crippen LogP contribution is -1.89. The van der Waals surface area contributed by atoms with Crippen LogP contribution in [-0.2, 0) is 9.59 Å². The minimum Gasteiger partial charge on any atom is -0.478 e. The number of rotatable bonds is 8. The molecule has 0 radical (unpaired) electrons. The van der Waals surface area contributed by atoms with Crippen LogP contribution in [0.2, 0.25) is 0 Å². The van der Waals surface area contributed by atoms with Crippen molar-refractivity contribution < 1.29 is 19.8 Å². The second-order valence-corrected chi connectivity index (χ2v) is 6.30. The van der Waals surface area contributed by atoms with Gasteiger partial charge in [0.05, 0.1) is 0 Å². The molecule has 0 aromatic heterocycles. The highest BCUT2D eigenvalue weighted by atomic mass is 16.4. The Hall–Kier alpha value is -2.10. The minimum absolute atomic E-state index is 0.831. The largest absolute Gasteiger partial charge is 0.478 e. The summed E-state index contributed by atoms with van der Waals surface area (Å²) in [4.78, 5) is 20.4. The summed E-state index contributed by atoms with van der Waals surface area (Å²) < 4.78 is 0. The molecule has 0 atom stereocenters. The molecule has 0 aliphatic rings. The quantitative estimate of drug-likeness (QED) is 0.451. The molecule has 2 N–H and O–H groups in total. The number of carboxylic acids is 2. The highest BCUT2D eigenvalue weighted by Gasteiger charge is 1.93. The van der Waals surface area contributed by atoms with E-state index < -0.39 is 11.9 Å². The molecule has 0 saturated heterocycles. The van der Waals surface area contributed by atoms with Crippen molar-refractivity contribution in [3.8, 4) is 0 Å².